The summed E-state index contributed by atoms with van der Waals surface area (Å²) < 4.78 is 30.8. The molecule has 0 fully saturated rings. The Morgan fingerprint density at radius 3 is 2.75 bits per heavy atom. The van der Waals surface area contributed by atoms with Gasteiger partial charge >= 0.3 is 0 Å². The summed E-state index contributed by atoms with van der Waals surface area (Å²) in [6.07, 6.45) is -0.0483. The van der Waals surface area contributed by atoms with Crippen LogP contribution in [-0.4, -0.2) is 9.97 Å². The van der Waals surface area contributed by atoms with Crippen LogP contribution in [0.25, 0.3) is 17.0 Å². The maximum Gasteiger partial charge on any atom is 0.281 e. The summed E-state index contributed by atoms with van der Waals surface area (Å²) in [7, 11) is 0. The van der Waals surface area contributed by atoms with Crippen LogP contribution in [0.15, 0.2) is 31.1 Å². The highest BCUT2D eigenvalue weighted by Crippen LogP contribution is 2.35. The smallest absolute Gasteiger partial charge is 0.281 e. The van der Waals surface area contributed by atoms with Crippen LogP contribution in [0.2, 0.25) is 0 Å². The third-order valence-electron chi connectivity index (χ3n) is 3.44. The van der Waals surface area contributed by atoms with E-state index >= 15 is 0 Å². The lowest BCUT2D eigenvalue weighted by molar-refractivity contribution is 0.145. The van der Waals surface area contributed by atoms with Gasteiger partial charge in [0.25, 0.3) is 6.43 Å². The number of hydrogen-bond donors (Lipinski definition) is 0. The van der Waals surface area contributed by atoms with Gasteiger partial charge < -0.3 is 4.74 Å². The van der Waals surface area contributed by atoms with E-state index < -0.39 is 6.43 Å². The van der Waals surface area contributed by atoms with Crippen molar-refractivity contribution in [3.8, 4) is 11.3 Å². The average molecular weight is 274 g/mol. The van der Waals surface area contributed by atoms with E-state index in [9.17, 15) is 8.78 Å². The van der Waals surface area contributed by atoms with Gasteiger partial charge in [0.15, 0.2) is 0 Å². The number of alkyl halides is 2. The van der Waals surface area contributed by atoms with Gasteiger partial charge in [-0.05, 0) is 12.5 Å². The number of fused-ring (bicyclic) bond motifs is 1. The lowest BCUT2D eigenvalue weighted by Crippen LogP contribution is -1.97. The van der Waals surface area contributed by atoms with Crippen molar-refractivity contribution in [3.63, 3.8) is 0 Å². The highest BCUT2D eigenvalue weighted by atomic mass is 19.3. The van der Waals surface area contributed by atoms with Crippen LogP contribution in [-0.2, 0) is 11.3 Å². The fourth-order valence-electron chi connectivity index (χ4n) is 2.33. The summed E-state index contributed by atoms with van der Waals surface area (Å²) in [6.45, 7) is 6.20. The second-order valence-corrected chi connectivity index (χ2v) is 4.61. The molecule has 0 amide bonds. The van der Waals surface area contributed by atoms with E-state index in [2.05, 4.69) is 16.5 Å². The quantitative estimate of drug-likeness (QED) is 0.833. The average Bonchev–Trinajstić information content (AvgIpc) is 2.82. The Kier molecular flexibility index (Phi) is 2.97. The zero-order valence-electron chi connectivity index (χ0n) is 10.9. The third kappa shape index (κ3) is 1.95. The Bertz CT molecular complexity index is 698. The van der Waals surface area contributed by atoms with Crippen LogP contribution in [0.3, 0.4) is 0 Å². The predicted octanol–water partition coefficient (Wildman–Crippen LogP) is 3.89. The molecule has 0 bridgehead atoms. The van der Waals surface area contributed by atoms with E-state index in [4.69, 9.17) is 4.74 Å². The number of aromatic nitrogens is 2. The van der Waals surface area contributed by atoms with Crippen molar-refractivity contribution in [1.82, 2.24) is 9.97 Å². The zero-order valence-corrected chi connectivity index (χ0v) is 10.9. The molecule has 20 heavy (non-hydrogen) atoms. The fourth-order valence-corrected chi connectivity index (χ4v) is 2.33. The van der Waals surface area contributed by atoms with E-state index in [0.717, 1.165) is 28.5 Å². The molecule has 0 atom stereocenters. The number of benzene rings is 1. The number of halogens is 2. The van der Waals surface area contributed by atoms with Gasteiger partial charge in [-0.1, -0.05) is 18.7 Å². The molecule has 0 saturated carbocycles. The minimum Gasteiger partial charge on any atom is -0.489 e. The highest BCUT2D eigenvalue weighted by molar-refractivity contribution is 5.73. The maximum absolute atomic E-state index is 12.7. The van der Waals surface area contributed by atoms with Crippen LogP contribution >= 0.6 is 0 Å². The van der Waals surface area contributed by atoms with Crippen LogP contribution in [0, 0.1) is 6.92 Å². The van der Waals surface area contributed by atoms with E-state index in [1.54, 1.807) is 0 Å². The van der Waals surface area contributed by atoms with Gasteiger partial charge in [0, 0.05) is 16.7 Å². The topological polar surface area (TPSA) is 35.0 Å². The molecule has 1 aliphatic rings. The monoisotopic (exact) mass is 274 g/mol. The summed E-state index contributed by atoms with van der Waals surface area (Å²) in [6, 6.07) is 3.72. The Balaban J connectivity index is 2.12. The van der Waals surface area contributed by atoms with Crippen LogP contribution < -0.4 is 0 Å². The lowest BCUT2D eigenvalue weighted by atomic mass is 9.96. The molecule has 0 saturated heterocycles. The molecule has 2 aromatic rings. The zero-order chi connectivity index (χ0) is 14.3. The standard InChI is InChI=1S/C15H12F2N2O/c1-8-10(3-4-11-9(2)20-7-12(8)11)13-5-18-6-14(19-13)15(16)17/h3-6,15H,2,7H2,1H3. The van der Waals surface area contributed by atoms with Gasteiger partial charge in [0.1, 0.15) is 18.1 Å². The highest BCUT2D eigenvalue weighted by Gasteiger charge is 2.21. The third-order valence-corrected chi connectivity index (χ3v) is 3.44. The van der Waals surface area contributed by atoms with Crippen molar-refractivity contribution < 1.29 is 13.5 Å². The molecular formula is C15H12F2N2O. The number of hydrogen-bond acceptors (Lipinski definition) is 3. The van der Waals surface area contributed by atoms with Gasteiger partial charge in [0.2, 0.25) is 0 Å². The van der Waals surface area contributed by atoms with Gasteiger partial charge in [-0.15, -0.1) is 0 Å². The van der Waals surface area contributed by atoms with Crippen molar-refractivity contribution in [2.24, 2.45) is 0 Å². The van der Waals surface area contributed by atoms with E-state index in [1.165, 1.54) is 6.20 Å². The number of rotatable bonds is 2. The minimum atomic E-state index is -2.62. The largest absolute Gasteiger partial charge is 0.489 e. The van der Waals surface area contributed by atoms with Crippen molar-refractivity contribution >= 4 is 5.76 Å². The molecule has 0 radical (unpaired) electrons. The molecule has 5 heteroatoms. The Morgan fingerprint density at radius 1 is 1.25 bits per heavy atom. The Labute approximate surface area is 115 Å². The maximum atomic E-state index is 12.7. The van der Waals surface area contributed by atoms with Gasteiger partial charge in [0.05, 0.1) is 18.1 Å². The Hall–Kier alpha value is -2.30. The van der Waals surface area contributed by atoms with Crippen molar-refractivity contribution in [1.29, 1.82) is 0 Å². The van der Waals surface area contributed by atoms with Gasteiger partial charge in [-0.2, -0.15) is 0 Å². The van der Waals surface area contributed by atoms with E-state index in [-0.39, 0.29) is 5.69 Å². The van der Waals surface area contributed by atoms with Gasteiger partial charge in [-0.3, -0.25) is 4.98 Å². The number of ether oxygens (including phenoxy) is 1. The van der Waals surface area contributed by atoms with E-state index in [0.29, 0.717) is 18.1 Å². The van der Waals surface area contributed by atoms with Crippen LogP contribution in [0.4, 0.5) is 8.78 Å². The molecule has 2 heterocycles. The van der Waals surface area contributed by atoms with E-state index in [1.807, 2.05) is 19.1 Å². The predicted molar refractivity (Wildman–Crippen MR) is 71.0 cm³/mol. The molecule has 0 N–H and O–H groups in total. The Morgan fingerprint density at radius 2 is 2.00 bits per heavy atom. The molecule has 1 aromatic heterocycles. The molecule has 102 valence electrons. The molecule has 0 aliphatic carbocycles. The SMILES string of the molecule is C=C1OCc2c1ccc(-c1cncc(C(F)F)n1)c2C. The summed E-state index contributed by atoms with van der Waals surface area (Å²) in [5.41, 5.74) is 3.86. The number of nitrogens with zero attached hydrogens (tertiary/aromatic N) is 2. The first kappa shape index (κ1) is 12.7. The summed E-state index contributed by atoms with van der Waals surface area (Å²) in [5, 5.41) is 0. The summed E-state index contributed by atoms with van der Waals surface area (Å²) >= 11 is 0. The molecule has 0 unspecified atom stereocenters. The molecule has 1 aromatic carbocycles. The van der Waals surface area contributed by atoms with Gasteiger partial charge in [-0.25, -0.2) is 13.8 Å². The van der Waals surface area contributed by atoms with Crippen LogP contribution in [0.1, 0.15) is 28.8 Å². The normalized spacial score (nSPS) is 13.5. The first-order chi connectivity index (χ1) is 9.58. The first-order valence-corrected chi connectivity index (χ1v) is 6.13. The van der Waals surface area contributed by atoms with Crippen LogP contribution in [0.5, 0.6) is 0 Å². The lowest BCUT2D eigenvalue weighted by Gasteiger charge is -2.09. The second kappa shape index (κ2) is 4.67. The first-order valence-electron chi connectivity index (χ1n) is 6.13. The van der Waals surface area contributed by atoms with Crippen molar-refractivity contribution in [3.05, 3.63) is 53.5 Å². The fraction of sp³-hybridized carbons (Fsp3) is 0.200. The van der Waals surface area contributed by atoms with Crippen molar-refractivity contribution in [2.75, 3.05) is 0 Å². The molecular weight excluding hydrogens is 262 g/mol. The molecule has 3 nitrogen and oxygen atoms in total. The summed E-state index contributed by atoms with van der Waals surface area (Å²) in [4.78, 5) is 7.81. The molecule has 3 rings (SSSR count). The second-order valence-electron chi connectivity index (χ2n) is 4.61. The summed E-state index contributed by atoms with van der Waals surface area (Å²) in [5.74, 6) is 0.641. The molecule has 0 spiro atoms. The minimum absolute atomic E-state index is 0.317. The molecule has 1 aliphatic heterocycles. The van der Waals surface area contributed by atoms with Crippen molar-refractivity contribution in [2.45, 2.75) is 20.0 Å².